The predicted octanol–water partition coefficient (Wildman–Crippen LogP) is 5.16. The SMILES string of the molecule is CC[C@H]1COC(=O)N1c1nc(C)nc(N[C@@H](C)c2cc(F)c(Oc3ccccc3)cc2F)n1. The maximum atomic E-state index is 14.8. The van der Waals surface area contributed by atoms with E-state index < -0.39 is 23.8 Å². The Hall–Kier alpha value is -3.82. The van der Waals surface area contributed by atoms with Crippen molar-refractivity contribution in [1.29, 1.82) is 0 Å². The molecule has 1 amide bonds. The molecule has 3 aromatic rings. The number of hydrogen-bond donors (Lipinski definition) is 1. The average Bonchev–Trinajstić information content (AvgIpc) is 3.16. The summed E-state index contributed by atoms with van der Waals surface area (Å²) in [6.45, 7) is 5.48. The van der Waals surface area contributed by atoms with E-state index in [2.05, 4.69) is 20.3 Å². The lowest BCUT2D eigenvalue weighted by Crippen LogP contribution is -2.34. The number of carbonyl (C=O) groups excluding carboxylic acids is 1. The van der Waals surface area contributed by atoms with Crippen molar-refractivity contribution in [2.45, 2.75) is 39.3 Å². The van der Waals surface area contributed by atoms with Gasteiger partial charge in [0.2, 0.25) is 11.9 Å². The second-order valence-corrected chi connectivity index (χ2v) is 7.60. The molecule has 1 aliphatic heterocycles. The van der Waals surface area contributed by atoms with E-state index in [-0.39, 0.29) is 35.9 Å². The number of carbonyl (C=O) groups is 1. The lowest BCUT2D eigenvalue weighted by Gasteiger charge is -2.20. The fraction of sp³-hybridized carbons (Fsp3) is 0.304. The highest BCUT2D eigenvalue weighted by atomic mass is 19.1. The second-order valence-electron chi connectivity index (χ2n) is 7.60. The van der Waals surface area contributed by atoms with Crippen molar-refractivity contribution in [1.82, 2.24) is 15.0 Å². The smallest absolute Gasteiger partial charge is 0.417 e. The lowest BCUT2D eigenvalue weighted by molar-refractivity contribution is 0.178. The van der Waals surface area contributed by atoms with Crippen LogP contribution >= 0.6 is 0 Å². The first-order chi connectivity index (χ1) is 15.9. The molecule has 4 rings (SSSR count). The van der Waals surface area contributed by atoms with Crippen molar-refractivity contribution in [3.05, 3.63) is 65.5 Å². The van der Waals surface area contributed by atoms with Crippen molar-refractivity contribution >= 4 is 18.0 Å². The average molecular weight is 455 g/mol. The normalized spacial score (nSPS) is 16.5. The number of cyclic esters (lactones) is 1. The standard InChI is InChI=1S/C23H23F2N5O3/c1-4-15-12-32-23(31)30(15)22-28-14(3)27-21(29-22)26-13(2)17-10-19(25)20(11-18(17)24)33-16-8-6-5-7-9-16/h5-11,13,15H,4,12H2,1-3H3,(H,26,27,28,29)/t13-,15-/m0/s1. The molecule has 0 bridgehead atoms. The molecule has 2 atom stereocenters. The number of aromatic nitrogens is 3. The Morgan fingerprint density at radius 3 is 2.67 bits per heavy atom. The molecule has 1 N–H and O–H groups in total. The van der Waals surface area contributed by atoms with Gasteiger partial charge in [0.15, 0.2) is 11.6 Å². The zero-order valence-electron chi connectivity index (χ0n) is 18.4. The van der Waals surface area contributed by atoms with E-state index in [0.29, 0.717) is 18.0 Å². The Balaban J connectivity index is 1.56. The molecule has 0 saturated carbocycles. The first-order valence-corrected chi connectivity index (χ1v) is 10.5. The molecule has 2 aromatic carbocycles. The summed E-state index contributed by atoms with van der Waals surface area (Å²) in [4.78, 5) is 26.3. The molecule has 0 unspecified atom stereocenters. The van der Waals surface area contributed by atoms with Gasteiger partial charge in [-0.3, -0.25) is 0 Å². The van der Waals surface area contributed by atoms with Crippen molar-refractivity contribution in [2.24, 2.45) is 0 Å². The Morgan fingerprint density at radius 1 is 1.18 bits per heavy atom. The van der Waals surface area contributed by atoms with E-state index in [1.165, 1.54) is 4.90 Å². The van der Waals surface area contributed by atoms with Crippen LogP contribution < -0.4 is 15.0 Å². The van der Waals surface area contributed by atoms with Crippen LogP contribution in [0.2, 0.25) is 0 Å². The summed E-state index contributed by atoms with van der Waals surface area (Å²) in [6, 6.07) is 9.77. The Morgan fingerprint density at radius 2 is 1.94 bits per heavy atom. The Kier molecular flexibility index (Phi) is 6.34. The predicted molar refractivity (Wildman–Crippen MR) is 117 cm³/mol. The van der Waals surface area contributed by atoms with Crippen LogP contribution in [-0.2, 0) is 4.74 Å². The number of para-hydroxylation sites is 1. The molecule has 1 aromatic heterocycles. The third kappa shape index (κ3) is 4.84. The third-order valence-corrected chi connectivity index (χ3v) is 5.22. The van der Waals surface area contributed by atoms with Crippen LogP contribution in [0.1, 0.15) is 37.7 Å². The largest absolute Gasteiger partial charge is 0.454 e. The van der Waals surface area contributed by atoms with Gasteiger partial charge in [-0.1, -0.05) is 25.1 Å². The van der Waals surface area contributed by atoms with E-state index in [9.17, 15) is 13.6 Å². The summed E-state index contributed by atoms with van der Waals surface area (Å²) in [5.41, 5.74) is 0.0690. The number of anilines is 2. The zero-order valence-corrected chi connectivity index (χ0v) is 18.4. The van der Waals surface area contributed by atoms with E-state index in [1.54, 1.807) is 44.2 Å². The van der Waals surface area contributed by atoms with Gasteiger partial charge in [-0.05, 0) is 38.5 Å². The second kappa shape index (κ2) is 9.35. The van der Waals surface area contributed by atoms with Crippen molar-refractivity contribution in [3.8, 4) is 11.5 Å². The highest BCUT2D eigenvalue weighted by molar-refractivity contribution is 5.88. The molecule has 8 nitrogen and oxygen atoms in total. The first kappa shape index (κ1) is 22.4. The molecule has 0 aliphatic carbocycles. The van der Waals surface area contributed by atoms with Crippen LogP contribution in [0.5, 0.6) is 11.5 Å². The van der Waals surface area contributed by atoms with Crippen LogP contribution in [0.25, 0.3) is 0 Å². The number of ether oxygens (including phenoxy) is 2. The fourth-order valence-corrected chi connectivity index (χ4v) is 3.49. The van der Waals surface area contributed by atoms with E-state index >= 15 is 0 Å². The lowest BCUT2D eigenvalue weighted by atomic mass is 10.1. The van der Waals surface area contributed by atoms with Gasteiger partial charge in [-0.25, -0.2) is 18.5 Å². The molecule has 1 aliphatic rings. The summed E-state index contributed by atoms with van der Waals surface area (Å²) in [7, 11) is 0. The summed E-state index contributed by atoms with van der Waals surface area (Å²) in [5, 5.41) is 2.96. The molecule has 1 fully saturated rings. The highest BCUT2D eigenvalue weighted by Crippen LogP contribution is 2.30. The van der Waals surface area contributed by atoms with Crippen LogP contribution in [0.4, 0.5) is 25.5 Å². The Bertz CT molecular complexity index is 1160. The van der Waals surface area contributed by atoms with Crippen molar-refractivity contribution in [2.75, 3.05) is 16.8 Å². The van der Waals surface area contributed by atoms with Crippen LogP contribution in [0.15, 0.2) is 42.5 Å². The quantitative estimate of drug-likeness (QED) is 0.526. The van der Waals surface area contributed by atoms with Crippen LogP contribution in [0.3, 0.4) is 0 Å². The van der Waals surface area contributed by atoms with Gasteiger partial charge in [0.1, 0.15) is 24.0 Å². The fourth-order valence-electron chi connectivity index (χ4n) is 3.49. The number of nitrogens with zero attached hydrogens (tertiary/aromatic N) is 4. The minimum Gasteiger partial charge on any atom is -0.454 e. The van der Waals surface area contributed by atoms with Gasteiger partial charge in [0, 0.05) is 11.6 Å². The molecular formula is C23H23F2N5O3. The summed E-state index contributed by atoms with van der Waals surface area (Å²) < 4.78 is 40.0. The topological polar surface area (TPSA) is 89.5 Å². The van der Waals surface area contributed by atoms with Gasteiger partial charge in [0.05, 0.1) is 12.1 Å². The van der Waals surface area contributed by atoms with E-state index in [0.717, 1.165) is 12.1 Å². The number of amides is 1. The maximum absolute atomic E-state index is 14.8. The maximum Gasteiger partial charge on any atom is 0.417 e. The molecular weight excluding hydrogens is 432 g/mol. The number of nitrogens with one attached hydrogen (secondary N) is 1. The number of rotatable bonds is 7. The van der Waals surface area contributed by atoms with Crippen LogP contribution in [0, 0.1) is 18.6 Å². The molecule has 0 spiro atoms. The van der Waals surface area contributed by atoms with Gasteiger partial charge < -0.3 is 14.8 Å². The number of aryl methyl sites for hydroxylation is 1. The number of benzene rings is 2. The van der Waals surface area contributed by atoms with E-state index in [1.807, 2.05) is 6.92 Å². The minimum absolute atomic E-state index is 0.0690. The van der Waals surface area contributed by atoms with Gasteiger partial charge in [0.25, 0.3) is 0 Å². The summed E-state index contributed by atoms with van der Waals surface area (Å²) in [5.74, 6) is -0.541. The van der Waals surface area contributed by atoms with Gasteiger partial charge >= 0.3 is 6.09 Å². The first-order valence-electron chi connectivity index (χ1n) is 10.5. The van der Waals surface area contributed by atoms with Crippen molar-refractivity contribution < 1.29 is 23.0 Å². The van der Waals surface area contributed by atoms with E-state index in [4.69, 9.17) is 9.47 Å². The van der Waals surface area contributed by atoms with Gasteiger partial charge in [-0.2, -0.15) is 15.0 Å². The molecule has 10 heteroatoms. The molecule has 33 heavy (non-hydrogen) atoms. The minimum atomic E-state index is -0.706. The van der Waals surface area contributed by atoms with Gasteiger partial charge in [-0.15, -0.1) is 0 Å². The summed E-state index contributed by atoms with van der Waals surface area (Å²) >= 11 is 0. The van der Waals surface area contributed by atoms with Crippen molar-refractivity contribution in [3.63, 3.8) is 0 Å². The Labute approximate surface area is 189 Å². The molecule has 1 saturated heterocycles. The molecule has 0 radical (unpaired) electrons. The molecule has 2 heterocycles. The number of hydrogen-bond acceptors (Lipinski definition) is 7. The third-order valence-electron chi connectivity index (χ3n) is 5.22. The highest BCUT2D eigenvalue weighted by Gasteiger charge is 2.35. The molecule has 172 valence electrons. The zero-order chi connectivity index (χ0) is 23.5. The monoisotopic (exact) mass is 455 g/mol. The number of halogens is 2. The van der Waals surface area contributed by atoms with Crippen LogP contribution in [-0.4, -0.2) is 33.7 Å². The summed E-state index contributed by atoms with van der Waals surface area (Å²) in [6.07, 6.45) is 0.130.